The molecule has 132 valence electrons. The second kappa shape index (κ2) is 7.83. The molecule has 0 aliphatic heterocycles. The number of azo groups is 1. The van der Waals surface area contributed by atoms with Gasteiger partial charge in [-0.15, -0.1) is 16.9 Å². The SMILES string of the molecule is COc1cc(N)c2ncccc2c1N=Nc1ccc(SCC(N)=O)cc1. The van der Waals surface area contributed by atoms with Crippen LogP contribution in [0.4, 0.5) is 17.1 Å². The minimum absolute atomic E-state index is 0.239. The summed E-state index contributed by atoms with van der Waals surface area (Å²) in [6, 6.07) is 12.7. The van der Waals surface area contributed by atoms with Crippen molar-refractivity contribution in [2.45, 2.75) is 4.90 Å². The number of carbonyl (C=O) groups is 1. The summed E-state index contributed by atoms with van der Waals surface area (Å²) in [6.07, 6.45) is 1.68. The molecule has 0 unspecified atom stereocenters. The van der Waals surface area contributed by atoms with E-state index in [0.29, 0.717) is 28.3 Å². The van der Waals surface area contributed by atoms with Crippen molar-refractivity contribution in [3.05, 3.63) is 48.7 Å². The normalized spacial score (nSPS) is 11.1. The molecule has 3 rings (SSSR count). The van der Waals surface area contributed by atoms with Crippen LogP contribution in [0.2, 0.25) is 0 Å². The van der Waals surface area contributed by atoms with Crippen LogP contribution in [0.1, 0.15) is 0 Å². The Kier molecular flexibility index (Phi) is 5.33. The fourth-order valence-electron chi connectivity index (χ4n) is 2.37. The van der Waals surface area contributed by atoms with E-state index in [1.165, 1.54) is 11.8 Å². The summed E-state index contributed by atoms with van der Waals surface area (Å²) in [7, 11) is 1.56. The van der Waals surface area contributed by atoms with Crippen LogP contribution in [-0.4, -0.2) is 23.8 Å². The van der Waals surface area contributed by atoms with Crippen LogP contribution in [-0.2, 0) is 4.79 Å². The Morgan fingerprint density at radius 2 is 2.00 bits per heavy atom. The highest BCUT2D eigenvalue weighted by atomic mass is 32.2. The summed E-state index contributed by atoms with van der Waals surface area (Å²) < 4.78 is 5.39. The first kappa shape index (κ1) is 17.7. The van der Waals surface area contributed by atoms with Crippen molar-refractivity contribution in [1.82, 2.24) is 4.98 Å². The Morgan fingerprint density at radius 1 is 1.23 bits per heavy atom. The number of nitrogens with two attached hydrogens (primary N) is 2. The third kappa shape index (κ3) is 3.92. The maximum Gasteiger partial charge on any atom is 0.227 e. The number of hydrogen-bond donors (Lipinski definition) is 2. The maximum absolute atomic E-state index is 10.8. The minimum Gasteiger partial charge on any atom is -0.494 e. The molecule has 2 aromatic carbocycles. The van der Waals surface area contributed by atoms with Gasteiger partial charge >= 0.3 is 0 Å². The zero-order valence-electron chi connectivity index (χ0n) is 14.0. The molecule has 1 heterocycles. The molecule has 1 amide bonds. The Morgan fingerprint density at radius 3 is 2.69 bits per heavy atom. The summed E-state index contributed by atoms with van der Waals surface area (Å²) in [4.78, 5) is 16.1. The fourth-order valence-corrected chi connectivity index (χ4v) is 3.00. The van der Waals surface area contributed by atoms with Gasteiger partial charge in [-0.1, -0.05) is 0 Å². The summed E-state index contributed by atoms with van der Waals surface area (Å²) in [5, 5.41) is 9.39. The number of ether oxygens (including phenoxy) is 1. The van der Waals surface area contributed by atoms with Gasteiger partial charge in [0.15, 0.2) is 0 Å². The lowest BCUT2D eigenvalue weighted by Crippen LogP contribution is -2.12. The molecule has 0 spiro atoms. The lowest BCUT2D eigenvalue weighted by Gasteiger charge is -2.09. The molecule has 0 aliphatic carbocycles. The second-order valence-corrected chi connectivity index (χ2v) is 6.41. The van der Waals surface area contributed by atoms with Crippen molar-refractivity contribution >= 4 is 45.6 Å². The largest absolute Gasteiger partial charge is 0.494 e. The lowest BCUT2D eigenvalue weighted by molar-refractivity contribution is -0.115. The van der Waals surface area contributed by atoms with Crippen molar-refractivity contribution in [2.75, 3.05) is 18.6 Å². The number of anilines is 1. The Labute approximate surface area is 154 Å². The van der Waals surface area contributed by atoms with E-state index >= 15 is 0 Å². The van der Waals surface area contributed by atoms with Crippen molar-refractivity contribution in [2.24, 2.45) is 16.0 Å². The van der Waals surface area contributed by atoms with E-state index in [2.05, 4.69) is 15.2 Å². The van der Waals surface area contributed by atoms with E-state index in [9.17, 15) is 4.79 Å². The molecular formula is C18H17N5O2S. The van der Waals surface area contributed by atoms with Gasteiger partial charge in [-0.2, -0.15) is 5.11 Å². The predicted molar refractivity (Wildman–Crippen MR) is 103 cm³/mol. The molecule has 0 bridgehead atoms. The number of nitrogen functional groups attached to an aromatic ring is 1. The number of nitrogens with zero attached hydrogens (tertiary/aromatic N) is 3. The number of amides is 1. The predicted octanol–water partition coefficient (Wildman–Crippen LogP) is 3.82. The van der Waals surface area contributed by atoms with Crippen molar-refractivity contribution in [3.8, 4) is 5.75 Å². The number of fused-ring (bicyclic) bond motifs is 1. The highest BCUT2D eigenvalue weighted by molar-refractivity contribution is 8.00. The highest BCUT2D eigenvalue weighted by Crippen LogP contribution is 2.39. The van der Waals surface area contributed by atoms with E-state index < -0.39 is 0 Å². The molecule has 7 nitrogen and oxygen atoms in total. The van der Waals surface area contributed by atoms with Gasteiger partial charge in [-0.3, -0.25) is 9.78 Å². The number of rotatable bonds is 6. The average Bonchev–Trinajstić information content (AvgIpc) is 2.66. The van der Waals surface area contributed by atoms with Crippen LogP contribution in [0.5, 0.6) is 5.75 Å². The number of benzene rings is 2. The van der Waals surface area contributed by atoms with Crippen LogP contribution in [0.3, 0.4) is 0 Å². The number of thioether (sulfide) groups is 1. The summed E-state index contributed by atoms with van der Waals surface area (Å²) in [5.74, 6) is 0.415. The first-order chi connectivity index (χ1) is 12.6. The molecule has 0 saturated carbocycles. The molecule has 26 heavy (non-hydrogen) atoms. The lowest BCUT2D eigenvalue weighted by atomic mass is 10.1. The number of aromatic nitrogens is 1. The zero-order chi connectivity index (χ0) is 18.5. The second-order valence-electron chi connectivity index (χ2n) is 5.37. The molecule has 8 heteroatoms. The third-order valence-corrected chi connectivity index (χ3v) is 4.59. The zero-order valence-corrected chi connectivity index (χ0v) is 14.9. The number of carbonyl (C=O) groups excluding carboxylic acids is 1. The van der Waals surface area contributed by atoms with Crippen LogP contribution < -0.4 is 16.2 Å². The third-order valence-electron chi connectivity index (χ3n) is 3.56. The van der Waals surface area contributed by atoms with Gasteiger partial charge in [-0.05, 0) is 36.4 Å². The molecule has 0 aliphatic rings. The molecule has 4 N–H and O–H groups in total. The first-order valence-corrected chi connectivity index (χ1v) is 8.71. The van der Waals surface area contributed by atoms with Gasteiger partial charge < -0.3 is 16.2 Å². The quantitative estimate of drug-likeness (QED) is 0.390. The number of methoxy groups -OCH3 is 1. The molecular weight excluding hydrogens is 350 g/mol. The maximum atomic E-state index is 10.8. The number of primary amides is 1. The Hall–Kier alpha value is -3.13. The standard InChI is InChI=1S/C18H17N5O2S/c1-25-15-9-14(19)17-13(3-2-8-21-17)18(15)23-22-11-4-6-12(7-5-11)26-10-16(20)24/h2-9H,10,19H2,1H3,(H2,20,24). The van der Waals surface area contributed by atoms with Crippen LogP contribution in [0.25, 0.3) is 10.9 Å². The molecule has 3 aromatic rings. The minimum atomic E-state index is -0.352. The molecule has 0 atom stereocenters. The number of hydrogen-bond acceptors (Lipinski definition) is 7. The first-order valence-electron chi connectivity index (χ1n) is 7.72. The van der Waals surface area contributed by atoms with Crippen LogP contribution in [0, 0.1) is 0 Å². The van der Waals surface area contributed by atoms with Gasteiger partial charge in [0.1, 0.15) is 11.4 Å². The molecule has 0 fully saturated rings. The Balaban J connectivity index is 1.91. The topological polar surface area (TPSA) is 116 Å². The fraction of sp³-hybridized carbons (Fsp3) is 0.111. The van der Waals surface area contributed by atoms with Crippen molar-refractivity contribution < 1.29 is 9.53 Å². The monoisotopic (exact) mass is 367 g/mol. The number of pyridine rings is 1. The van der Waals surface area contributed by atoms with Gasteiger partial charge in [0, 0.05) is 22.5 Å². The smallest absolute Gasteiger partial charge is 0.227 e. The molecule has 0 radical (unpaired) electrons. The van der Waals surface area contributed by atoms with Crippen LogP contribution in [0.15, 0.2) is 63.8 Å². The van der Waals surface area contributed by atoms with Crippen molar-refractivity contribution in [3.63, 3.8) is 0 Å². The van der Waals surface area contributed by atoms with Gasteiger partial charge in [0.25, 0.3) is 0 Å². The van der Waals surface area contributed by atoms with Gasteiger partial charge in [-0.25, -0.2) is 0 Å². The summed E-state index contributed by atoms with van der Waals surface area (Å²) >= 11 is 1.37. The Bertz CT molecular complexity index is 973. The van der Waals surface area contributed by atoms with E-state index in [0.717, 1.165) is 10.3 Å². The van der Waals surface area contributed by atoms with E-state index in [-0.39, 0.29) is 11.7 Å². The molecule has 0 saturated heterocycles. The average molecular weight is 367 g/mol. The van der Waals surface area contributed by atoms with Gasteiger partial charge in [0.05, 0.1) is 29.8 Å². The van der Waals surface area contributed by atoms with Gasteiger partial charge in [0.2, 0.25) is 5.91 Å². The van der Waals surface area contributed by atoms with E-state index in [1.54, 1.807) is 19.4 Å². The van der Waals surface area contributed by atoms with Crippen molar-refractivity contribution in [1.29, 1.82) is 0 Å². The van der Waals surface area contributed by atoms with Crippen LogP contribution >= 0.6 is 11.8 Å². The van der Waals surface area contributed by atoms with E-state index in [1.807, 2.05) is 36.4 Å². The summed E-state index contributed by atoms with van der Waals surface area (Å²) in [6.45, 7) is 0. The highest BCUT2D eigenvalue weighted by Gasteiger charge is 2.12. The van der Waals surface area contributed by atoms with E-state index in [4.69, 9.17) is 16.2 Å². The molecule has 1 aromatic heterocycles. The summed E-state index contributed by atoms with van der Waals surface area (Å²) in [5.41, 5.74) is 13.6.